The van der Waals surface area contributed by atoms with Crippen LogP contribution in [0.3, 0.4) is 0 Å². The summed E-state index contributed by atoms with van der Waals surface area (Å²) in [5, 5.41) is 10.7. The Bertz CT molecular complexity index is 850. The number of aromatic nitrogens is 1. The Morgan fingerprint density at radius 1 is 1.29 bits per heavy atom. The van der Waals surface area contributed by atoms with E-state index in [9.17, 15) is 19.7 Å². The van der Waals surface area contributed by atoms with E-state index in [0.717, 1.165) is 0 Å². The number of aryl methyl sites for hydroxylation is 1. The van der Waals surface area contributed by atoms with Gasteiger partial charge in [-0.25, -0.2) is 4.79 Å². The number of carbonyl (C=O) groups excluding carboxylic acids is 1. The minimum Gasteiger partial charge on any atom is -0.461 e. The van der Waals surface area contributed by atoms with E-state index in [1.165, 1.54) is 41.1 Å². The lowest BCUT2D eigenvalue weighted by Gasteiger charge is -2.10. The van der Waals surface area contributed by atoms with Crippen molar-refractivity contribution in [3.05, 3.63) is 74.2 Å². The third-order valence-electron chi connectivity index (χ3n) is 3.29. The molecule has 0 unspecified atom stereocenters. The summed E-state index contributed by atoms with van der Waals surface area (Å²) in [6.45, 7) is 3.48. The van der Waals surface area contributed by atoms with E-state index in [0.29, 0.717) is 11.1 Å². The molecule has 2 rings (SSSR count). The zero-order chi connectivity index (χ0) is 17.7. The van der Waals surface area contributed by atoms with Gasteiger partial charge in [-0.2, -0.15) is 0 Å². The molecule has 0 amide bonds. The van der Waals surface area contributed by atoms with Crippen LogP contribution < -0.4 is 5.56 Å². The first-order valence-electron chi connectivity index (χ1n) is 7.26. The molecule has 0 N–H and O–H groups in total. The van der Waals surface area contributed by atoms with E-state index in [1.807, 2.05) is 0 Å². The highest BCUT2D eigenvalue weighted by Crippen LogP contribution is 2.16. The molecule has 0 aliphatic carbocycles. The molecule has 1 aromatic heterocycles. The van der Waals surface area contributed by atoms with Crippen molar-refractivity contribution in [1.29, 1.82) is 0 Å². The summed E-state index contributed by atoms with van der Waals surface area (Å²) in [6, 6.07) is 8.95. The van der Waals surface area contributed by atoms with Crippen molar-refractivity contribution in [2.24, 2.45) is 0 Å². The minimum absolute atomic E-state index is 0.0411. The maximum atomic E-state index is 12.3. The van der Waals surface area contributed by atoms with Crippen LogP contribution in [0.4, 0.5) is 5.69 Å². The van der Waals surface area contributed by atoms with Gasteiger partial charge < -0.3 is 4.74 Å². The van der Waals surface area contributed by atoms with Crippen molar-refractivity contribution < 1.29 is 14.5 Å². The molecule has 0 saturated heterocycles. The lowest BCUT2D eigenvalue weighted by Crippen LogP contribution is -2.25. The normalized spacial score (nSPS) is 11.2. The monoisotopic (exact) mass is 328 g/mol. The van der Waals surface area contributed by atoms with Gasteiger partial charge in [-0.1, -0.05) is 6.07 Å². The molecule has 124 valence electrons. The fourth-order valence-electron chi connectivity index (χ4n) is 2.07. The molecule has 7 heteroatoms. The Kier molecular flexibility index (Phi) is 5.26. The van der Waals surface area contributed by atoms with Gasteiger partial charge >= 0.3 is 5.97 Å². The second kappa shape index (κ2) is 7.36. The van der Waals surface area contributed by atoms with E-state index in [1.54, 1.807) is 26.0 Å². The maximum Gasteiger partial charge on any atom is 0.355 e. The Balaban J connectivity index is 2.54. The number of benzene rings is 1. The number of nitrogens with zero attached hydrogens (tertiary/aromatic N) is 2. The summed E-state index contributed by atoms with van der Waals surface area (Å²) in [7, 11) is 0. The lowest BCUT2D eigenvalue weighted by molar-refractivity contribution is -0.384. The standard InChI is InChI=1S/C17H16N2O5/c1-3-24-17(21)15(18-10-4-5-12(2)16(18)20)11-13-6-8-14(9-7-13)19(22)23/h4-11H,3H2,1-2H3/b15-11-. The molecule has 0 saturated carbocycles. The maximum absolute atomic E-state index is 12.3. The topological polar surface area (TPSA) is 91.4 Å². The third kappa shape index (κ3) is 3.75. The number of hydrogen-bond acceptors (Lipinski definition) is 5. The van der Waals surface area contributed by atoms with Gasteiger partial charge in [0, 0.05) is 23.9 Å². The smallest absolute Gasteiger partial charge is 0.355 e. The number of nitro benzene ring substituents is 1. The largest absolute Gasteiger partial charge is 0.461 e. The molecule has 0 spiro atoms. The summed E-state index contributed by atoms with van der Waals surface area (Å²) in [5.74, 6) is -0.649. The summed E-state index contributed by atoms with van der Waals surface area (Å²) in [6.07, 6.45) is 2.94. The van der Waals surface area contributed by atoms with Crippen molar-refractivity contribution in [3.8, 4) is 0 Å². The predicted octanol–water partition coefficient (Wildman–Crippen LogP) is 2.63. The first-order valence-corrected chi connectivity index (χ1v) is 7.26. The van der Waals surface area contributed by atoms with Gasteiger partial charge in [0.25, 0.3) is 11.2 Å². The first-order chi connectivity index (χ1) is 11.4. The first kappa shape index (κ1) is 17.1. The number of esters is 1. The van der Waals surface area contributed by atoms with Crippen LogP contribution in [-0.4, -0.2) is 22.1 Å². The van der Waals surface area contributed by atoms with E-state index in [4.69, 9.17) is 4.74 Å². The van der Waals surface area contributed by atoms with Crippen LogP contribution in [0, 0.1) is 17.0 Å². The van der Waals surface area contributed by atoms with Crippen LogP contribution in [-0.2, 0) is 9.53 Å². The van der Waals surface area contributed by atoms with Crippen molar-refractivity contribution in [3.63, 3.8) is 0 Å². The number of ether oxygens (including phenoxy) is 1. The van der Waals surface area contributed by atoms with Gasteiger partial charge in [0.1, 0.15) is 5.70 Å². The molecule has 0 fully saturated rings. The molecular formula is C17H16N2O5. The summed E-state index contributed by atoms with van der Waals surface area (Å²) in [5.41, 5.74) is 0.670. The molecular weight excluding hydrogens is 312 g/mol. The molecule has 0 radical (unpaired) electrons. The molecule has 24 heavy (non-hydrogen) atoms. The van der Waals surface area contributed by atoms with E-state index in [2.05, 4.69) is 0 Å². The number of non-ortho nitro benzene ring substituents is 1. The van der Waals surface area contributed by atoms with Crippen molar-refractivity contribution in [2.45, 2.75) is 13.8 Å². The zero-order valence-electron chi connectivity index (χ0n) is 13.3. The average molecular weight is 328 g/mol. The molecule has 1 heterocycles. The van der Waals surface area contributed by atoms with Crippen molar-refractivity contribution in [2.75, 3.05) is 6.61 Å². The Morgan fingerprint density at radius 2 is 1.96 bits per heavy atom. The summed E-state index contributed by atoms with van der Waals surface area (Å²) < 4.78 is 6.22. The predicted molar refractivity (Wildman–Crippen MR) is 89.3 cm³/mol. The van der Waals surface area contributed by atoms with Gasteiger partial charge in [-0.05, 0) is 43.7 Å². The van der Waals surface area contributed by atoms with E-state index < -0.39 is 10.9 Å². The highest BCUT2D eigenvalue weighted by Gasteiger charge is 2.15. The van der Waals surface area contributed by atoms with E-state index >= 15 is 0 Å². The number of carbonyl (C=O) groups is 1. The SMILES string of the molecule is CCOC(=O)/C(=C/c1ccc([N+](=O)[O-])cc1)n1cccc(C)c1=O. The van der Waals surface area contributed by atoms with Crippen LogP contribution >= 0.6 is 0 Å². The van der Waals surface area contributed by atoms with Crippen molar-refractivity contribution >= 4 is 23.4 Å². The van der Waals surface area contributed by atoms with E-state index in [-0.39, 0.29) is 23.6 Å². The van der Waals surface area contributed by atoms with Crippen LogP contribution in [0.1, 0.15) is 18.1 Å². The lowest BCUT2D eigenvalue weighted by atomic mass is 10.1. The molecule has 0 aliphatic rings. The highest BCUT2D eigenvalue weighted by molar-refractivity contribution is 6.15. The van der Waals surface area contributed by atoms with Gasteiger partial charge in [-0.15, -0.1) is 0 Å². The second-order valence-electron chi connectivity index (χ2n) is 4.97. The Morgan fingerprint density at radius 3 is 2.54 bits per heavy atom. The summed E-state index contributed by atoms with van der Waals surface area (Å²) in [4.78, 5) is 34.7. The zero-order valence-corrected chi connectivity index (χ0v) is 13.3. The number of pyridine rings is 1. The molecule has 0 atom stereocenters. The van der Waals surface area contributed by atoms with Crippen LogP contribution in [0.15, 0.2) is 47.4 Å². The second-order valence-corrected chi connectivity index (χ2v) is 4.97. The number of nitro groups is 1. The van der Waals surface area contributed by atoms with Crippen molar-refractivity contribution in [1.82, 2.24) is 4.57 Å². The van der Waals surface area contributed by atoms with Crippen LogP contribution in [0.5, 0.6) is 0 Å². The van der Waals surface area contributed by atoms with Crippen LogP contribution in [0.25, 0.3) is 11.8 Å². The molecule has 7 nitrogen and oxygen atoms in total. The summed E-state index contributed by atoms with van der Waals surface area (Å²) >= 11 is 0. The van der Waals surface area contributed by atoms with Gasteiger partial charge in [-0.3, -0.25) is 19.5 Å². The molecule has 0 bridgehead atoms. The third-order valence-corrected chi connectivity index (χ3v) is 3.29. The highest BCUT2D eigenvalue weighted by atomic mass is 16.6. The quantitative estimate of drug-likeness (QED) is 0.364. The molecule has 2 aromatic rings. The Hall–Kier alpha value is -3.22. The van der Waals surface area contributed by atoms with Gasteiger partial charge in [0.05, 0.1) is 11.5 Å². The fraction of sp³-hybridized carbons (Fsp3) is 0.176. The number of hydrogen-bond donors (Lipinski definition) is 0. The molecule has 0 aliphatic heterocycles. The average Bonchev–Trinajstić information content (AvgIpc) is 2.56. The number of rotatable bonds is 5. The van der Waals surface area contributed by atoms with Gasteiger partial charge in [0.2, 0.25) is 0 Å². The molecule has 1 aromatic carbocycles. The van der Waals surface area contributed by atoms with Gasteiger partial charge in [0.15, 0.2) is 0 Å². The Labute approximate surface area is 138 Å². The fourth-order valence-corrected chi connectivity index (χ4v) is 2.07. The van der Waals surface area contributed by atoms with Crippen LogP contribution in [0.2, 0.25) is 0 Å². The minimum atomic E-state index is -0.649.